The number of benzene rings is 2. The Morgan fingerprint density at radius 2 is 1.75 bits per heavy atom. The van der Waals surface area contributed by atoms with Gasteiger partial charge in [-0.3, -0.25) is 19.3 Å². The van der Waals surface area contributed by atoms with Gasteiger partial charge in [0.2, 0.25) is 11.8 Å². The molecule has 3 rings (SSSR count). The number of nitrogens with zero attached hydrogens (tertiary/aromatic N) is 1. The van der Waals surface area contributed by atoms with Gasteiger partial charge in [-0.05, 0) is 36.4 Å². The number of halogens is 2. The van der Waals surface area contributed by atoms with Gasteiger partial charge in [-0.2, -0.15) is 0 Å². The Hall–Kier alpha value is -2.90. The van der Waals surface area contributed by atoms with Gasteiger partial charge in [0.1, 0.15) is 0 Å². The van der Waals surface area contributed by atoms with E-state index in [1.807, 2.05) is 0 Å². The zero-order chi connectivity index (χ0) is 20.3. The number of esters is 1. The standard InChI is InChI=1S/C19H14Cl2N2O5/c20-12-4-5-15(14(21)9-12)22-16(24)10-28-19(27)11-2-1-3-13(8-11)23-17(25)6-7-18(23)26/h1-5,8-9H,6-7,10H2,(H,22,24). The Bertz CT molecular complexity index is 961. The molecule has 1 N–H and O–H groups in total. The van der Waals surface area contributed by atoms with E-state index in [2.05, 4.69) is 5.32 Å². The SMILES string of the molecule is O=C(COC(=O)c1cccc(N2C(=O)CCC2=O)c1)Nc1ccc(Cl)cc1Cl. The van der Waals surface area contributed by atoms with Crippen molar-refractivity contribution in [3.05, 3.63) is 58.1 Å². The fourth-order valence-electron chi connectivity index (χ4n) is 2.63. The van der Waals surface area contributed by atoms with Crippen molar-refractivity contribution < 1.29 is 23.9 Å². The number of ether oxygens (including phenoxy) is 1. The van der Waals surface area contributed by atoms with Crippen LogP contribution in [0.5, 0.6) is 0 Å². The predicted molar refractivity (Wildman–Crippen MR) is 104 cm³/mol. The Labute approximate surface area is 170 Å². The summed E-state index contributed by atoms with van der Waals surface area (Å²) in [6, 6.07) is 10.5. The van der Waals surface area contributed by atoms with Crippen molar-refractivity contribution in [3.8, 4) is 0 Å². The number of anilines is 2. The summed E-state index contributed by atoms with van der Waals surface area (Å²) in [6.07, 6.45) is 0.280. The maximum Gasteiger partial charge on any atom is 0.338 e. The highest BCUT2D eigenvalue weighted by molar-refractivity contribution is 6.36. The Morgan fingerprint density at radius 3 is 2.43 bits per heavy atom. The van der Waals surface area contributed by atoms with E-state index in [0.717, 1.165) is 4.90 Å². The van der Waals surface area contributed by atoms with Gasteiger partial charge in [0.15, 0.2) is 6.61 Å². The summed E-state index contributed by atoms with van der Waals surface area (Å²) in [4.78, 5) is 48.9. The van der Waals surface area contributed by atoms with E-state index in [1.165, 1.54) is 30.3 Å². The van der Waals surface area contributed by atoms with Gasteiger partial charge >= 0.3 is 5.97 Å². The molecule has 2 aromatic rings. The molecule has 0 bridgehead atoms. The van der Waals surface area contributed by atoms with E-state index in [4.69, 9.17) is 27.9 Å². The van der Waals surface area contributed by atoms with Crippen LogP contribution in [0.2, 0.25) is 10.0 Å². The smallest absolute Gasteiger partial charge is 0.338 e. The minimum atomic E-state index is -0.765. The average molecular weight is 421 g/mol. The lowest BCUT2D eigenvalue weighted by molar-refractivity contribution is -0.121. The number of hydrogen-bond acceptors (Lipinski definition) is 5. The lowest BCUT2D eigenvalue weighted by Crippen LogP contribution is -2.28. The van der Waals surface area contributed by atoms with Crippen molar-refractivity contribution >= 4 is 58.3 Å². The Kier molecular flexibility index (Phi) is 5.96. The second-order valence-electron chi connectivity index (χ2n) is 5.92. The maximum absolute atomic E-state index is 12.2. The Morgan fingerprint density at radius 1 is 1.04 bits per heavy atom. The fourth-order valence-corrected chi connectivity index (χ4v) is 3.08. The van der Waals surface area contributed by atoms with Gasteiger partial charge in [-0.1, -0.05) is 29.3 Å². The van der Waals surface area contributed by atoms with Crippen LogP contribution in [0.3, 0.4) is 0 Å². The molecule has 1 heterocycles. The number of carbonyl (C=O) groups is 4. The highest BCUT2D eigenvalue weighted by Gasteiger charge is 2.30. The lowest BCUT2D eigenvalue weighted by Gasteiger charge is -2.14. The molecule has 1 aliphatic heterocycles. The van der Waals surface area contributed by atoms with E-state index in [1.54, 1.807) is 12.1 Å². The van der Waals surface area contributed by atoms with Crippen LogP contribution in [0.15, 0.2) is 42.5 Å². The zero-order valence-electron chi connectivity index (χ0n) is 14.4. The summed E-state index contributed by atoms with van der Waals surface area (Å²) in [6.45, 7) is -0.538. The maximum atomic E-state index is 12.2. The minimum absolute atomic E-state index is 0.113. The van der Waals surface area contributed by atoms with E-state index < -0.39 is 18.5 Å². The van der Waals surface area contributed by atoms with Gasteiger partial charge in [0.25, 0.3) is 5.91 Å². The second-order valence-corrected chi connectivity index (χ2v) is 6.77. The average Bonchev–Trinajstić information content (AvgIpc) is 3.00. The van der Waals surface area contributed by atoms with Crippen molar-refractivity contribution in [2.24, 2.45) is 0 Å². The summed E-state index contributed by atoms with van der Waals surface area (Å²) in [5.41, 5.74) is 0.738. The first kappa shape index (κ1) is 19.9. The lowest BCUT2D eigenvalue weighted by atomic mass is 10.2. The third-order valence-corrected chi connectivity index (χ3v) is 4.48. The zero-order valence-corrected chi connectivity index (χ0v) is 15.9. The molecule has 0 aromatic heterocycles. The van der Waals surface area contributed by atoms with Crippen LogP contribution in [0.1, 0.15) is 23.2 Å². The molecule has 144 valence electrons. The highest BCUT2D eigenvalue weighted by atomic mass is 35.5. The number of amides is 3. The molecule has 9 heteroatoms. The van der Waals surface area contributed by atoms with Gasteiger partial charge in [-0.25, -0.2) is 4.79 Å². The number of carbonyl (C=O) groups excluding carboxylic acids is 4. The van der Waals surface area contributed by atoms with Crippen LogP contribution >= 0.6 is 23.2 Å². The van der Waals surface area contributed by atoms with Crippen molar-refractivity contribution in [1.82, 2.24) is 0 Å². The van der Waals surface area contributed by atoms with Crippen LogP contribution < -0.4 is 10.2 Å². The quantitative estimate of drug-likeness (QED) is 0.590. The molecule has 1 aliphatic rings. The molecular weight excluding hydrogens is 407 g/mol. The minimum Gasteiger partial charge on any atom is -0.452 e. The number of rotatable bonds is 5. The summed E-state index contributed by atoms with van der Waals surface area (Å²) >= 11 is 11.8. The molecule has 7 nitrogen and oxygen atoms in total. The molecule has 0 spiro atoms. The molecule has 0 atom stereocenters. The van der Waals surface area contributed by atoms with E-state index >= 15 is 0 Å². The summed E-state index contributed by atoms with van der Waals surface area (Å²) in [5, 5.41) is 3.18. The van der Waals surface area contributed by atoms with Crippen molar-refractivity contribution in [1.29, 1.82) is 0 Å². The molecule has 0 radical (unpaired) electrons. The molecule has 1 saturated heterocycles. The Balaban J connectivity index is 1.62. The topological polar surface area (TPSA) is 92.8 Å². The first-order valence-electron chi connectivity index (χ1n) is 8.23. The first-order valence-corrected chi connectivity index (χ1v) is 8.98. The second kappa shape index (κ2) is 8.41. The molecule has 28 heavy (non-hydrogen) atoms. The fraction of sp³-hybridized carbons (Fsp3) is 0.158. The van der Waals surface area contributed by atoms with Gasteiger partial charge in [-0.15, -0.1) is 0 Å². The number of nitrogens with one attached hydrogen (secondary N) is 1. The number of hydrogen-bond donors (Lipinski definition) is 1. The van der Waals surface area contributed by atoms with Gasteiger partial charge in [0.05, 0.1) is 22.0 Å². The van der Waals surface area contributed by atoms with E-state index in [-0.39, 0.29) is 35.2 Å². The van der Waals surface area contributed by atoms with Crippen LogP contribution in [0.25, 0.3) is 0 Å². The van der Waals surface area contributed by atoms with Crippen LogP contribution in [0, 0.1) is 0 Å². The molecule has 3 amide bonds. The van der Waals surface area contributed by atoms with Gasteiger partial charge in [0, 0.05) is 17.9 Å². The molecule has 2 aromatic carbocycles. The molecule has 0 unspecified atom stereocenters. The highest BCUT2D eigenvalue weighted by Crippen LogP contribution is 2.25. The predicted octanol–water partition coefficient (Wildman–Crippen LogP) is 3.44. The third kappa shape index (κ3) is 4.49. The van der Waals surface area contributed by atoms with Crippen molar-refractivity contribution in [2.75, 3.05) is 16.8 Å². The monoisotopic (exact) mass is 420 g/mol. The molecule has 0 saturated carbocycles. The molecule has 0 aliphatic carbocycles. The van der Waals surface area contributed by atoms with Crippen LogP contribution in [-0.4, -0.2) is 30.3 Å². The van der Waals surface area contributed by atoms with Crippen molar-refractivity contribution in [2.45, 2.75) is 12.8 Å². The largest absolute Gasteiger partial charge is 0.452 e. The summed E-state index contributed by atoms with van der Waals surface area (Å²) in [7, 11) is 0. The van der Waals surface area contributed by atoms with Gasteiger partial charge < -0.3 is 10.1 Å². The number of imide groups is 1. The normalized spacial score (nSPS) is 13.6. The van der Waals surface area contributed by atoms with Crippen LogP contribution in [-0.2, 0) is 19.1 Å². The van der Waals surface area contributed by atoms with Crippen molar-refractivity contribution in [3.63, 3.8) is 0 Å². The van der Waals surface area contributed by atoms with E-state index in [0.29, 0.717) is 16.4 Å². The van der Waals surface area contributed by atoms with Crippen LogP contribution in [0.4, 0.5) is 11.4 Å². The summed E-state index contributed by atoms with van der Waals surface area (Å²) in [5.74, 6) is -2.00. The molecule has 1 fully saturated rings. The summed E-state index contributed by atoms with van der Waals surface area (Å²) < 4.78 is 4.99. The molecular formula is C19H14Cl2N2O5. The van der Waals surface area contributed by atoms with E-state index in [9.17, 15) is 19.2 Å². The first-order chi connectivity index (χ1) is 13.3. The third-order valence-electron chi connectivity index (χ3n) is 3.93.